The predicted molar refractivity (Wildman–Crippen MR) is 74.7 cm³/mol. The molecule has 0 saturated heterocycles. The zero-order valence-electron chi connectivity index (χ0n) is 10.6. The molecule has 0 aromatic heterocycles. The Kier molecular flexibility index (Phi) is 2.95. The summed E-state index contributed by atoms with van der Waals surface area (Å²) in [6.07, 6.45) is 0.864. The fraction of sp³-hybridized carbons (Fsp3) is 0.188. The zero-order valence-corrected chi connectivity index (χ0v) is 10.6. The van der Waals surface area contributed by atoms with Crippen molar-refractivity contribution in [3.8, 4) is 0 Å². The average molecular weight is 252 g/mol. The molecule has 3 heteroatoms. The standard InChI is InChI=1S/C16H16N2O/c17-16(19)18-11-10-12-6-4-5-9-14(12)15(18)13-7-2-1-3-8-13/h1-9,15H,10-11H2,(H2,17,19)/t15-/m1/s1. The number of carbonyl (C=O) groups excluding carboxylic acids is 1. The maximum absolute atomic E-state index is 11.7. The first-order valence-corrected chi connectivity index (χ1v) is 6.46. The number of nitrogens with two attached hydrogens (primary N) is 1. The lowest BCUT2D eigenvalue weighted by Gasteiger charge is -2.36. The molecule has 0 saturated carbocycles. The smallest absolute Gasteiger partial charge is 0.315 e. The molecule has 1 aliphatic heterocycles. The number of fused-ring (bicyclic) bond motifs is 1. The van der Waals surface area contributed by atoms with Gasteiger partial charge in [0.25, 0.3) is 0 Å². The Morgan fingerprint density at radius 2 is 1.74 bits per heavy atom. The van der Waals surface area contributed by atoms with Crippen LogP contribution >= 0.6 is 0 Å². The van der Waals surface area contributed by atoms with Gasteiger partial charge in [-0.25, -0.2) is 4.79 Å². The Hall–Kier alpha value is -2.29. The number of hydrogen-bond donors (Lipinski definition) is 1. The Morgan fingerprint density at radius 1 is 1.05 bits per heavy atom. The maximum Gasteiger partial charge on any atom is 0.315 e. The highest BCUT2D eigenvalue weighted by atomic mass is 16.2. The van der Waals surface area contributed by atoms with Gasteiger partial charge in [-0.05, 0) is 23.1 Å². The number of urea groups is 1. The third-order valence-corrected chi connectivity index (χ3v) is 3.68. The van der Waals surface area contributed by atoms with E-state index in [1.54, 1.807) is 4.90 Å². The highest BCUT2D eigenvalue weighted by Gasteiger charge is 2.30. The Labute approximate surface area is 112 Å². The monoisotopic (exact) mass is 252 g/mol. The number of primary amides is 1. The van der Waals surface area contributed by atoms with E-state index in [-0.39, 0.29) is 12.1 Å². The number of hydrogen-bond acceptors (Lipinski definition) is 1. The van der Waals surface area contributed by atoms with Crippen LogP contribution in [-0.2, 0) is 6.42 Å². The molecular weight excluding hydrogens is 236 g/mol. The van der Waals surface area contributed by atoms with Gasteiger partial charge in [0.2, 0.25) is 0 Å². The molecule has 2 amide bonds. The summed E-state index contributed by atoms with van der Waals surface area (Å²) < 4.78 is 0. The van der Waals surface area contributed by atoms with E-state index >= 15 is 0 Å². The molecule has 0 radical (unpaired) electrons. The first-order valence-electron chi connectivity index (χ1n) is 6.46. The molecule has 0 aliphatic carbocycles. The normalized spacial score (nSPS) is 17.9. The summed E-state index contributed by atoms with van der Waals surface area (Å²) in [5.74, 6) is 0. The summed E-state index contributed by atoms with van der Waals surface area (Å²) in [5.41, 5.74) is 9.12. The molecule has 3 rings (SSSR count). The Balaban J connectivity index is 2.13. The van der Waals surface area contributed by atoms with E-state index < -0.39 is 0 Å². The number of amides is 2. The second-order valence-corrected chi connectivity index (χ2v) is 4.79. The van der Waals surface area contributed by atoms with E-state index in [9.17, 15) is 4.79 Å². The molecule has 3 nitrogen and oxygen atoms in total. The van der Waals surface area contributed by atoms with Crippen LogP contribution in [0.25, 0.3) is 0 Å². The highest BCUT2D eigenvalue weighted by molar-refractivity contribution is 5.74. The van der Waals surface area contributed by atoms with E-state index in [4.69, 9.17) is 5.73 Å². The van der Waals surface area contributed by atoms with Gasteiger partial charge in [-0.1, -0.05) is 54.6 Å². The molecule has 1 aliphatic rings. The SMILES string of the molecule is NC(=O)N1CCc2ccccc2[C@H]1c1ccccc1. The van der Waals surface area contributed by atoms with Crippen LogP contribution in [0.15, 0.2) is 54.6 Å². The molecule has 1 heterocycles. The van der Waals surface area contributed by atoms with Crippen molar-refractivity contribution in [1.29, 1.82) is 0 Å². The maximum atomic E-state index is 11.7. The van der Waals surface area contributed by atoms with Gasteiger partial charge in [-0.15, -0.1) is 0 Å². The van der Waals surface area contributed by atoms with Gasteiger partial charge in [0.05, 0.1) is 6.04 Å². The third-order valence-electron chi connectivity index (χ3n) is 3.68. The molecule has 0 unspecified atom stereocenters. The quantitative estimate of drug-likeness (QED) is 0.833. The van der Waals surface area contributed by atoms with E-state index in [0.717, 1.165) is 12.0 Å². The van der Waals surface area contributed by atoms with Gasteiger partial charge in [0.15, 0.2) is 0 Å². The van der Waals surface area contributed by atoms with Crippen LogP contribution in [0.1, 0.15) is 22.7 Å². The van der Waals surface area contributed by atoms with Gasteiger partial charge in [0.1, 0.15) is 0 Å². The summed E-state index contributed by atoms with van der Waals surface area (Å²) in [4.78, 5) is 13.4. The molecule has 2 aromatic carbocycles. The lowest BCUT2D eigenvalue weighted by atomic mass is 9.88. The van der Waals surface area contributed by atoms with Crippen molar-refractivity contribution in [1.82, 2.24) is 4.90 Å². The Bertz CT molecular complexity index is 595. The van der Waals surface area contributed by atoms with Crippen molar-refractivity contribution in [3.05, 3.63) is 71.3 Å². The first kappa shape index (κ1) is 11.8. The summed E-state index contributed by atoms with van der Waals surface area (Å²) in [5, 5.41) is 0. The van der Waals surface area contributed by atoms with Crippen LogP contribution in [-0.4, -0.2) is 17.5 Å². The lowest BCUT2D eigenvalue weighted by Crippen LogP contribution is -2.43. The largest absolute Gasteiger partial charge is 0.351 e. The minimum atomic E-state index is -0.358. The van der Waals surface area contributed by atoms with Crippen LogP contribution in [0.5, 0.6) is 0 Å². The molecule has 96 valence electrons. The van der Waals surface area contributed by atoms with Crippen molar-refractivity contribution in [2.45, 2.75) is 12.5 Å². The van der Waals surface area contributed by atoms with Crippen molar-refractivity contribution < 1.29 is 4.79 Å². The van der Waals surface area contributed by atoms with Crippen LogP contribution < -0.4 is 5.73 Å². The van der Waals surface area contributed by atoms with Gasteiger partial charge < -0.3 is 10.6 Å². The van der Waals surface area contributed by atoms with Crippen molar-refractivity contribution >= 4 is 6.03 Å². The van der Waals surface area contributed by atoms with Crippen LogP contribution in [0, 0.1) is 0 Å². The summed E-state index contributed by atoms with van der Waals surface area (Å²) >= 11 is 0. The lowest BCUT2D eigenvalue weighted by molar-refractivity contribution is 0.190. The zero-order chi connectivity index (χ0) is 13.2. The molecule has 0 spiro atoms. The van der Waals surface area contributed by atoms with Gasteiger partial charge in [0, 0.05) is 6.54 Å². The van der Waals surface area contributed by atoms with E-state index in [2.05, 4.69) is 12.1 Å². The van der Waals surface area contributed by atoms with E-state index in [0.29, 0.717) is 6.54 Å². The van der Waals surface area contributed by atoms with Gasteiger partial charge >= 0.3 is 6.03 Å². The van der Waals surface area contributed by atoms with E-state index in [1.807, 2.05) is 42.5 Å². The highest BCUT2D eigenvalue weighted by Crippen LogP contribution is 2.34. The minimum Gasteiger partial charge on any atom is -0.351 e. The fourth-order valence-corrected chi connectivity index (χ4v) is 2.80. The average Bonchev–Trinajstić information content (AvgIpc) is 2.46. The molecule has 0 bridgehead atoms. The van der Waals surface area contributed by atoms with Crippen molar-refractivity contribution in [2.24, 2.45) is 5.73 Å². The minimum absolute atomic E-state index is 0.0661. The van der Waals surface area contributed by atoms with Crippen LogP contribution in [0.4, 0.5) is 4.79 Å². The second kappa shape index (κ2) is 4.76. The summed E-state index contributed by atoms with van der Waals surface area (Å²) in [6.45, 7) is 0.673. The number of nitrogens with zero attached hydrogens (tertiary/aromatic N) is 1. The Morgan fingerprint density at radius 3 is 2.47 bits per heavy atom. The third kappa shape index (κ3) is 2.08. The molecular formula is C16H16N2O. The van der Waals surface area contributed by atoms with Crippen molar-refractivity contribution in [3.63, 3.8) is 0 Å². The second-order valence-electron chi connectivity index (χ2n) is 4.79. The number of carbonyl (C=O) groups is 1. The van der Waals surface area contributed by atoms with Gasteiger partial charge in [-0.3, -0.25) is 0 Å². The van der Waals surface area contributed by atoms with Gasteiger partial charge in [-0.2, -0.15) is 0 Å². The van der Waals surface area contributed by atoms with Crippen molar-refractivity contribution in [2.75, 3.05) is 6.54 Å². The topological polar surface area (TPSA) is 46.3 Å². The molecule has 2 N–H and O–H groups in total. The fourth-order valence-electron chi connectivity index (χ4n) is 2.80. The predicted octanol–water partition coefficient (Wildman–Crippen LogP) is 2.71. The first-order chi connectivity index (χ1) is 9.27. The summed E-state index contributed by atoms with van der Waals surface area (Å²) in [7, 11) is 0. The molecule has 1 atom stereocenters. The van der Waals surface area contributed by atoms with E-state index in [1.165, 1.54) is 11.1 Å². The van der Waals surface area contributed by atoms with Crippen LogP contribution in [0.2, 0.25) is 0 Å². The number of benzene rings is 2. The molecule has 2 aromatic rings. The van der Waals surface area contributed by atoms with Crippen LogP contribution in [0.3, 0.4) is 0 Å². The molecule has 0 fully saturated rings. The molecule has 19 heavy (non-hydrogen) atoms. The summed E-state index contributed by atoms with van der Waals surface area (Å²) in [6, 6.07) is 17.9. The number of rotatable bonds is 1.